The molecule has 0 amide bonds. The molecule has 2 nitrogen and oxygen atoms in total. The smallest absolute Gasteiger partial charge is 0.162 e. The van der Waals surface area contributed by atoms with E-state index < -0.39 is 11.6 Å². The molecule has 0 fully saturated rings. The van der Waals surface area contributed by atoms with Crippen LogP contribution in [0.5, 0.6) is 0 Å². The molecule has 0 aliphatic heterocycles. The highest BCUT2D eigenvalue weighted by molar-refractivity contribution is 5.37. The van der Waals surface area contributed by atoms with Gasteiger partial charge in [0, 0.05) is 20.1 Å². The predicted octanol–water partition coefficient (Wildman–Crippen LogP) is 3.68. The predicted molar refractivity (Wildman–Crippen MR) is 78.5 cm³/mol. The van der Waals surface area contributed by atoms with Crippen LogP contribution in [0.2, 0.25) is 0 Å². The van der Waals surface area contributed by atoms with Gasteiger partial charge in [-0.1, -0.05) is 19.9 Å². The van der Waals surface area contributed by atoms with E-state index in [1.165, 1.54) is 0 Å². The van der Waals surface area contributed by atoms with Gasteiger partial charge in [0.2, 0.25) is 0 Å². The molecule has 2 rings (SSSR count). The van der Waals surface area contributed by atoms with Gasteiger partial charge in [-0.3, -0.25) is 0 Å². The number of benzene rings is 1. The maximum Gasteiger partial charge on any atom is 0.162 e. The van der Waals surface area contributed by atoms with Gasteiger partial charge in [-0.15, -0.1) is 0 Å². The Kier molecular flexibility index (Phi) is 5.71. The molecule has 1 aromatic carbocycles. The normalized spacial score (nSPS) is 18.1. The number of hydrogen-bond donors (Lipinski definition) is 0. The molecule has 0 heterocycles. The fourth-order valence-electron chi connectivity index (χ4n) is 2.73. The number of fused-ring (bicyclic) bond motifs is 1. The van der Waals surface area contributed by atoms with Crippen molar-refractivity contribution in [3.8, 4) is 0 Å². The second-order valence-electron chi connectivity index (χ2n) is 6.14. The molecule has 1 unspecified atom stereocenters. The highest BCUT2D eigenvalue weighted by Crippen LogP contribution is 2.29. The molecule has 21 heavy (non-hydrogen) atoms. The Bertz CT molecular complexity index is 486. The van der Waals surface area contributed by atoms with Crippen LogP contribution in [0, 0.1) is 17.6 Å². The van der Waals surface area contributed by atoms with E-state index in [-0.39, 0.29) is 6.10 Å². The van der Waals surface area contributed by atoms with Crippen LogP contribution in [0.1, 0.15) is 37.0 Å². The van der Waals surface area contributed by atoms with E-state index in [2.05, 4.69) is 13.8 Å². The summed E-state index contributed by atoms with van der Waals surface area (Å²) in [4.78, 5) is 0. The first-order chi connectivity index (χ1) is 10.0. The zero-order chi connectivity index (χ0) is 15.4. The van der Waals surface area contributed by atoms with Crippen LogP contribution in [-0.2, 0) is 28.7 Å². The average Bonchev–Trinajstić information content (AvgIpc) is 2.47. The Morgan fingerprint density at radius 3 is 2.71 bits per heavy atom. The molecule has 4 heteroatoms. The lowest BCUT2D eigenvalue weighted by Gasteiger charge is -2.27. The van der Waals surface area contributed by atoms with Crippen LogP contribution in [0.15, 0.2) is 6.07 Å². The van der Waals surface area contributed by atoms with Crippen molar-refractivity contribution in [2.75, 3.05) is 20.3 Å². The highest BCUT2D eigenvalue weighted by atomic mass is 19.2. The van der Waals surface area contributed by atoms with Crippen molar-refractivity contribution in [3.05, 3.63) is 34.4 Å². The zero-order valence-electron chi connectivity index (χ0n) is 13.0. The Morgan fingerprint density at radius 2 is 2.05 bits per heavy atom. The van der Waals surface area contributed by atoms with E-state index in [9.17, 15) is 8.78 Å². The third kappa shape index (κ3) is 4.01. The van der Waals surface area contributed by atoms with Gasteiger partial charge < -0.3 is 9.47 Å². The zero-order valence-corrected chi connectivity index (χ0v) is 13.0. The lowest BCUT2D eigenvalue weighted by atomic mass is 9.87. The van der Waals surface area contributed by atoms with Gasteiger partial charge in [-0.2, -0.15) is 0 Å². The maximum absolute atomic E-state index is 14.3. The first-order valence-corrected chi connectivity index (χ1v) is 7.62. The van der Waals surface area contributed by atoms with Crippen LogP contribution in [0.25, 0.3) is 0 Å². The van der Waals surface area contributed by atoms with E-state index in [4.69, 9.17) is 9.47 Å². The minimum absolute atomic E-state index is 0.00127. The van der Waals surface area contributed by atoms with Crippen molar-refractivity contribution in [3.63, 3.8) is 0 Å². The van der Waals surface area contributed by atoms with E-state index in [1.807, 2.05) is 0 Å². The Labute approximate surface area is 125 Å². The fourth-order valence-corrected chi connectivity index (χ4v) is 2.73. The molecule has 1 aromatic rings. The number of methoxy groups -OCH3 is 1. The van der Waals surface area contributed by atoms with Crippen LogP contribution in [-0.4, -0.2) is 26.4 Å². The first kappa shape index (κ1) is 16.4. The van der Waals surface area contributed by atoms with Crippen molar-refractivity contribution in [1.82, 2.24) is 0 Å². The molecule has 0 aromatic heterocycles. The van der Waals surface area contributed by atoms with E-state index in [0.717, 1.165) is 18.4 Å². The molecule has 118 valence electrons. The summed E-state index contributed by atoms with van der Waals surface area (Å²) >= 11 is 0. The number of rotatable bonds is 6. The maximum atomic E-state index is 14.3. The minimum atomic E-state index is -0.727. The summed E-state index contributed by atoms with van der Waals surface area (Å²) in [6, 6.07) is 1.80. The second kappa shape index (κ2) is 7.32. The summed E-state index contributed by atoms with van der Waals surface area (Å²) in [5, 5.41) is 0. The SMILES string of the molecule is COCCc1cc2c(c(F)c1F)CC(OCC(C)C)CC2. The van der Waals surface area contributed by atoms with Crippen molar-refractivity contribution in [1.29, 1.82) is 0 Å². The minimum Gasteiger partial charge on any atom is -0.384 e. The van der Waals surface area contributed by atoms with E-state index in [1.54, 1.807) is 13.2 Å². The molecule has 0 radical (unpaired) electrons. The van der Waals surface area contributed by atoms with Gasteiger partial charge in [0.05, 0.1) is 12.7 Å². The second-order valence-corrected chi connectivity index (χ2v) is 6.14. The van der Waals surface area contributed by atoms with Crippen molar-refractivity contribution in [2.45, 2.75) is 45.6 Å². The molecular weight excluding hydrogens is 274 g/mol. The topological polar surface area (TPSA) is 18.5 Å². The van der Waals surface area contributed by atoms with Crippen molar-refractivity contribution < 1.29 is 18.3 Å². The average molecular weight is 298 g/mol. The molecule has 1 aliphatic rings. The Morgan fingerprint density at radius 1 is 1.29 bits per heavy atom. The van der Waals surface area contributed by atoms with Crippen LogP contribution in [0.3, 0.4) is 0 Å². The van der Waals surface area contributed by atoms with Gasteiger partial charge in [0.25, 0.3) is 0 Å². The van der Waals surface area contributed by atoms with Crippen LogP contribution in [0.4, 0.5) is 8.78 Å². The molecule has 1 aliphatic carbocycles. The summed E-state index contributed by atoms with van der Waals surface area (Å²) in [5.74, 6) is -0.976. The Hall–Kier alpha value is -1.00. The van der Waals surface area contributed by atoms with Gasteiger partial charge in [0.1, 0.15) is 0 Å². The monoisotopic (exact) mass is 298 g/mol. The van der Waals surface area contributed by atoms with Gasteiger partial charge in [0.15, 0.2) is 11.6 Å². The van der Waals surface area contributed by atoms with Crippen molar-refractivity contribution in [2.24, 2.45) is 5.92 Å². The first-order valence-electron chi connectivity index (χ1n) is 7.62. The third-order valence-electron chi connectivity index (χ3n) is 3.88. The summed E-state index contributed by atoms with van der Waals surface area (Å²) in [7, 11) is 1.56. The van der Waals surface area contributed by atoms with Crippen molar-refractivity contribution >= 4 is 0 Å². The summed E-state index contributed by atoms with van der Waals surface area (Å²) < 4.78 is 39.1. The summed E-state index contributed by atoms with van der Waals surface area (Å²) in [6.45, 7) is 5.23. The van der Waals surface area contributed by atoms with Gasteiger partial charge in [-0.25, -0.2) is 8.78 Å². The van der Waals surface area contributed by atoms with Crippen LogP contribution < -0.4 is 0 Å². The third-order valence-corrected chi connectivity index (χ3v) is 3.88. The lowest BCUT2D eigenvalue weighted by Crippen LogP contribution is -2.26. The summed E-state index contributed by atoms with van der Waals surface area (Å²) in [6.07, 6.45) is 2.48. The number of hydrogen-bond acceptors (Lipinski definition) is 2. The molecule has 0 N–H and O–H groups in total. The molecule has 0 spiro atoms. The van der Waals surface area contributed by atoms with E-state index >= 15 is 0 Å². The highest BCUT2D eigenvalue weighted by Gasteiger charge is 2.25. The molecule has 1 atom stereocenters. The van der Waals surface area contributed by atoms with E-state index in [0.29, 0.717) is 43.1 Å². The fraction of sp³-hybridized carbons (Fsp3) is 0.647. The quantitative estimate of drug-likeness (QED) is 0.797. The van der Waals surface area contributed by atoms with Gasteiger partial charge in [-0.05, 0) is 41.9 Å². The van der Waals surface area contributed by atoms with Gasteiger partial charge >= 0.3 is 0 Å². The molecule has 0 bridgehead atoms. The number of ether oxygens (including phenoxy) is 2. The molecular formula is C17H24F2O2. The summed E-state index contributed by atoms with van der Waals surface area (Å²) in [5.41, 5.74) is 1.83. The standard InChI is InChI=1S/C17H24F2O2/c1-11(2)10-21-14-5-4-12-8-13(6-7-20-3)16(18)17(19)15(12)9-14/h8,11,14H,4-7,9-10H2,1-3H3. The van der Waals surface area contributed by atoms with Crippen LogP contribution >= 0.6 is 0 Å². The Balaban J connectivity index is 2.14. The molecule has 0 saturated carbocycles. The lowest BCUT2D eigenvalue weighted by molar-refractivity contribution is 0.0271. The molecule has 0 saturated heterocycles. The number of aryl methyl sites for hydroxylation is 1. The number of halogens is 2. The largest absolute Gasteiger partial charge is 0.384 e.